The van der Waals surface area contributed by atoms with Gasteiger partial charge in [0.25, 0.3) is 11.8 Å². The zero-order chi connectivity index (χ0) is 19.2. The molecule has 2 atom stereocenters. The third kappa shape index (κ3) is 2.12. The number of nitriles is 1. The summed E-state index contributed by atoms with van der Waals surface area (Å²) >= 11 is 0. The molecule has 2 N–H and O–H groups in total. The van der Waals surface area contributed by atoms with Crippen LogP contribution in [0, 0.1) is 16.7 Å². The largest absolute Gasteiger partial charge is 0.384 e. The molecule has 1 heterocycles. The number of carbonyl (C=O) groups excluding carboxylic acids is 2. The van der Waals surface area contributed by atoms with Gasteiger partial charge in [0.05, 0.1) is 23.6 Å². The van der Waals surface area contributed by atoms with Crippen LogP contribution in [0.25, 0.3) is 0 Å². The molecule has 2 amide bonds. The average Bonchev–Trinajstić information content (AvgIpc) is 2.90. The van der Waals surface area contributed by atoms with Crippen molar-refractivity contribution in [3.63, 3.8) is 0 Å². The highest BCUT2D eigenvalue weighted by Crippen LogP contribution is 2.66. The Balaban J connectivity index is 1.53. The lowest BCUT2D eigenvalue weighted by Gasteiger charge is -2.66. The lowest BCUT2D eigenvalue weighted by Crippen LogP contribution is -2.75. The number of aliphatic hydroxyl groups excluding tert-OH is 1. The molecular formula is C16H17F4N3O3. The van der Waals surface area contributed by atoms with Gasteiger partial charge < -0.3 is 15.3 Å². The van der Waals surface area contributed by atoms with Gasteiger partial charge in [0.2, 0.25) is 0 Å². The Hall–Kier alpha value is -1.89. The average molecular weight is 375 g/mol. The van der Waals surface area contributed by atoms with Crippen LogP contribution in [0.5, 0.6) is 0 Å². The lowest BCUT2D eigenvalue weighted by atomic mass is 9.40. The summed E-state index contributed by atoms with van der Waals surface area (Å²) in [5.41, 5.74) is -3.31. The number of nitrogens with zero attached hydrogens (tertiary/aromatic N) is 2. The smallest absolute Gasteiger partial charge is 0.312 e. The van der Waals surface area contributed by atoms with Crippen molar-refractivity contribution in [3.05, 3.63) is 0 Å². The molecule has 0 aromatic rings. The second-order valence-electron chi connectivity index (χ2n) is 8.35. The first-order valence-electron chi connectivity index (χ1n) is 8.38. The maximum atomic E-state index is 14.0. The monoisotopic (exact) mass is 375 g/mol. The first-order chi connectivity index (χ1) is 11.9. The van der Waals surface area contributed by atoms with Crippen LogP contribution in [-0.4, -0.2) is 57.4 Å². The Bertz CT molecular complexity index is 730. The van der Waals surface area contributed by atoms with Crippen molar-refractivity contribution in [2.45, 2.75) is 67.6 Å². The van der Waals surface area contributed by atoms with Crippen molar-refractivity contribution in [1.29, 1.82) is 5.26 Å². The van der Waals surface area contributed by atoms with Crippen LogP contribution < -0.4 is 5.32 Å². The topological polar surface area (TPSA) is 93.4 Å². The van der Waals surface area contributed by atoms with E-state index < -0.39 is 72.1 Å². The second-order valence-corrected chi connectivity index (χ2v) is 8.35. The van der Waals surface area contributed by atoms with E-state index >= 15 is 0 Å². The van der Waals surface area contributed by atoms with Gasteiger partial charge in [0.15, 0.2) is 0 Å². The molecule has 1 aliphatic heterocycles. The van der Waals surface area contributed by atoms with Crippen LogP contribution in [-0.2, 0) is 9.59 Å². The van der Waals surface area contributed by atoms with E-state index in [0.717, 1.165) is 0 Å². The van der Waals surface area contributed by atoms with Crippen LogP contribution >= 0.6 is 0 Å². The minimum Gasteiger partial charge on any atom is -0.384 e. The second kappa shape index (κ2) is 4.68. The number of hydrogen-bond acceptors (Lipinski definition) is 4. The molecule has 26 heavy (non-hydrogen) atoms. The van der Waals surface area contributed by atoms with Crippen LogP contribution in [0.15, 0.2) is 0 Å². The Morgan fingerprint density at radius 1 is 1.12 bits per heavy atom. The summed E-state index contributed by atoms with van der Waals surface area (Å²) in [6, 6.07) is 2.13. The normalized spacial score (nSPS) is 44.2. The van der Waals surface area contributed by atoms with E-state index in [-0.39, 0.29) is 0 Å². The summed E-state index contributed by atoms with van der Waals surface area (Å²) in [5.74, 6) is -9.55. The van der Waals surface area contributed by atoms with E-state index in [4.69, 9.17) is 5.26 Å². The Morgan fingerprint density at radius 2 is 1.73 bits per heavy atom. The van der Waals surface area contributed by atoms with Crippen LogP contribution in [0.3, 0.4) is 0 Å². The number of alkyl halides is 4. The van der Waals surface area contributed by atoms with Crippen molar-refractivity contribution < 1.29 is 32.3 Å². The summed E-state index contributed by atoms with van der Waals surface area (Å²) in [5, 5.41) is 21.4. The first-order valence-corrected chi connectivity index (χ1v) is 8.38. The Labute approximate surface area is 146 Å². The molecule has 0 radical (unpaired) electrons. The third-order valence-corrected chi connectivity index (χ3v) is 6.39. The van der Waals surface area contributed by atoms with Gasteiger partial charge in [-0.1, -0.05) is 0 Å². The van der Waals surface area contributed by atoms with E-state index in [2.05, 4.69) is 11.4 Å². The summed E-state index contributed by atoms with van der Waals surface area (Å²) < 4.78 is 55.4. The number of likely N-dealkylation sites (tertiary alicyclic amines) is 1. The fourth-order valence-corrected chi connectivity index (χ4v) is 5.21. The van der Waals surface area contributed by atoms with Crippen LogP contribution in [0.1, 0.15) is 38.5 Å². The van der Waals surface area contributed by atoms with Crippen molar-refractivity contribution in [2.24, 2.45) is 5.41 Å². The molecule has 1 saturated heterocycles. The van der Waals surface area contributed by atoms with Crippen molar-refractivity contribution in [3.8, 4) is 6.07 Å². The van der Waals surface area contributed by atoms with Gasteiger partial charge >= 0.3 is 11.8 Å². The van der Waals surface area contributed by atoms with E-state index in [1.165, 1.54) is 0 Å². The quantitative estimate of drug-likeness (QED) is 0.527. The summed E-state index contributed by atoms with van der Waals surface area (Å²) in [6.45, 7) is -1.27. The molecule has 4 aliphatic carbocycles. The molecule has 5 aliphatic rings. The van der Waals surface area contributed by atoms with Crippen LogP contribution in [0.2, 0.25) is 0 Å². The Morgan fingerprint density at radius 3 is 2.23 bits per heavy atom. The standard InChI is InChI=1S/C16H17F4N3O3/c17-15(18)2-1-14(6-15)11(26)16(19,20)8-23(14)10(25)9(24)22-13-3-12(4-13,5-13)7-21/h11,26H,1-6,8H2,(H,22,24)/t11-,12?,13?,14-/m0/s1. The molecule has 142 valence electrons. The maximum Gasteiger partial charge on any atom is 0.312 e. The SMILES string of the molecule is N#CC12CC(NC(=O)C(=O)N3CC(F)(F)[C@@H](O)[C@@]34CCC(F)(F)C4)(C1)C2. The summed E-state index contributed by atoms with van der Waals surface area (Å²) in [4.78, 5) is 25.2. The van der Waals surface area contributed by atoms with E-state index in [0.29, 0.717) is 24.2 Å². The highest BCUT2D eigenvalue weighted by atomic mass is 19.3. The number of amides is 2. The van der Waals surface area contributed by atoms with Crippen molar-refractivity contribution in [2.75, 3.05) is 6.54 Å². The number of halogens is 4. The molecule has 5 rings (SSSR count). The van der Waals surface area contributed by atoms with Gasteiger partial charge in [0.1, 0.15) is 6.10 Å². The minimum absolute atomic E-state index is 0.386. The fourth-order valence-electron chi connectivity index (χ4n) is 5.21. The maximum absolute atomic E-state index is 14.0. The number of carbonyl (C=O) groups is 2. The van der Waals surface area contributed by atoms with Crippen LogP contribution in [0.4, 0.5) is 17.6 Å². The Kier molecular flexibility index (Phi) is 3.16. The van der Waals surface area contributed by atoms with E-state index in [1.54, 1.807) is 0 Å². The number of nitrogens with one attached hydrogen (secondary N) is 1. The predicted octanol–water partition coefficient (Wildman–Crippen LogP) is 0.945. The van der Waals surface area contributed by atoms with Gasteiger partial charge in [-0.2, -0.15) is 5.26 Å². The molecule has 6 nitrogen and oxygen atoms in total. The van der Waals surface area contributed by atoms with Gasteiger partial charge in [0, 0.05) is 18.4 Å². The summed E-state index contributed by atoms with van der Waals surface area (Å²) in [7, 11) is 0. The molecule has 1 spiro atoms. The predicted molar refractivity (Wildman–Crippen MR) is 77.0 cm³/mol. The van der Waals surface area contributed by atoms with Crippen molar-refractivity contribution >= 4 is 11.8 Å². The van der Waals surface area contributed by atoms with Gasteiger partial charge in [-0.15, -0.1) is 0 Å². The lowest BCUT2D eigenvalue weighted by molar-refractivity contribution is -0.160. The highest BCUT2D eigenvalue weighted by molar-refractivity contribution is 6.35. The highest BCUT2D eigenvalue weighted by Gasteiger charge is 2.72. The zero-order valence-corrected chi connectivity index (χ0v) is 13.7. The molecule has 10 heteroatoms. The first kappa shape index (κ1) is 17.5. The molecule has 4 saturated carbocycles. The fraction of sp³-hybridized carbons (Fsp3) is 0.812. The molecule has 5 fully saturated rings. The van der Waals surface area contributed by atoms with Gasteiger partial charge in [-0.3, -0.25) is 9.59 Å². The minimum atomic E-state index is -3.77. The molecular weight excluding hydrogens is 358 g/mol. The third-order valence-electron chi connectivity index (χ3n) is 6.39. The summed E-state index contributed by atoms with van der Waals surface area (Å²) in [6.07, 6.45) is -3.62. The van der Waals surface area contributed by atoms with Gasteiger partial charge in [-0.25, -0.2) is 17.6 Å². The zero-order valence-electron chi connectivity index (χ0n) is 13.7. The van der Waals surface area contributed by atoms with Gasteiger partial charge in [-0.05, 0) is 25.7 Å². The van der Waals surface area contributed by atoms with Crippen molar-refractivity contribution in [1.82, 2.24) is 10.2 Å². The number of rotatable bonds is 1. The van der Waals surface area contributed by atoms with E-state index in [1.807, 2.05) is 0 Å². The van der Waals surface area contributed by atoms with E-state index in [9.17, 15) is 32.3 Å². The molecule has 0 unspecified atom stereocenters. The molecule has 0 aromatic carbocycles. The number of hydrogen-bond donors (Lipinski definition) is 2. The molecule has 2 bridgehead atoms. The molecule has 0 aromatic heterocycles. The number of aliphatic hydroxyl groups is 1.